The molecule has 0 saturated heterocycles. The fourth-order valence-corrected chi connectivity index (χ4v) is 4.66. The first kappa shape index (κ1) is 16.7. The maximum Gasteiger partial charge on any atom is 0.206 e. The first-order valence-corrected chi connectivity index (χ1v) is 10.0. The third kappa shape index (κ3) is 3.37. The van der Waals surface area contributed by atoms with Crippen LogP contribution >= 0.6 is 11.3 Å². The number of benzene rings is 2. The summed E-state index contributed by atoms with van der Waals surface area (Å²) >= 11 is 1.73. The Morgan fingerprint density at radius 1 is 0.958 bits per heavy atom. The van der Waals surface area contributed by atoms with Crippen LogP contribution in [0, 0.1) is 13.8 Å². The predicted octanol–water partition coefficient (Wildman–Crippen LogP) is 4.81. The smallest absolute Gasteiger partial charge is 0.206 e. The van der Waals surface area contributed by atoms with E-state index in [0.717, 1.165) is 5.69 Å². The molecule has 0 saturated carbocycles. The highest BCUT2D eigenvalue weighted by Gasteiger charge is 2.17. The summed E-state index contributed by atoms with van der Waals surface area (Å²) in [5.41, 5.74) is 3.34. The van der Waals surface area contributed by atoms with Crippen molar-refractivity contribution >= 4 is 26.9 Å². The van der Waals surface area contributed by atoms with Crippen molar-refractivity contribution in [1.82, 2.24) is 0 Å². The quantitative estimate of drug-likeness (QED) is 0.713. The zero-order valence-electron chi connectivity index (χ0n) is 13.6. The van der Waals surface area contributed by atoms with Gasteiger partial charge in [0.05, 0.1) is 9.79 Å². The highest BCUT2D eigenvalue weighted by molar-refractivity contribution is 7.91. The summed E-state index contributed by atoms with van der Waals surface area (Å²) in [4.78, 5) is 1.93. The van der Waals surface area contributed by atoms with E-state index in [2.05, 4.69) is 24.5 Å². The standard InChI is InChI=1S/C19H19NO2S2/c1-14-15(2)23-13-16(14)12-20-17-7-6-10-19(11-17)24(21,22)18-8-4-3-5-9-18/h3-11,13,20H,12H2,1-2H3. The Balaban J connectivity index is 1.83. The Labute approximate surface area is 146 Å². The number of hydrogen-bond donors (Lipinski definition) is 1. The minimum atomic E-state index is -3.49. The fraction of sp³-hybridized carbons (Fsp3) is 0.158. The zero-order valence-corrected chi connectivity index (χ0v) is 15.2. The molecule has 0 aliphatic carbocycles. The van der Waals surface area contributed by atoms with Gasteiger partial charge < -0.3 is 5.32 Å². The van der Waals surface area contributed by atoms with Gasteiger partial charge in [-0.15, -0.1) is 11.3 Å². The molecule has 0 bridgehead atoms. The topological polar surface area (TPSA) is 46.2 Å². The van der Waals surface area contributed by atoms with Crippen molar-refractivity contribution in [3.05, 3.63) is 76.0 Å². The summed E-state index contributed by atoms with van der Waals surface area (Å²) in [7, 11) is -3.49. The van der Waals surface area contributed by atoms with E-state index in [4.69, 9.17) is 0 Å². The van der Waals surface area contributed by atoms with E-state index in [1.807, 2.05) is 12.1 Å². The molecular weight excluding hydrogens is 338 g/mol. The van der Waals surface area contributed by atoms with Crippen molar-refractivity contribution in [2.75, 3.05) is 5.32 Å². The number of hydrogen-bond acceptors (Lipinski definition) is 4. The highest BCUT2D eigenvalue weighted by Crippen LogP contribution is 2.25. The van der Waals surface area contributed by atoms with Gasteiger partial charge in [0.15, 0.2) is 0 Å². The second kappa shape index (κ2) is 6.79. The lowest BCUT2D eigenvalue weighted by atomic mass is 10.2. The number of anilines is 1. The van der Waals surface area contributed by atoms with E-state index in [1.54, 1.807) is 53.8 Å². The Hall–Kier alpha value is -2.11. The van der Waals surface area contributed by atoms with Crippen LogP contribution < -0.4 is 5.32 Å². The minimum Gasteiger partial charge on any atom is -0.381 e. The molecule has 2 aromatic carbocycles. The number of nitrogens with one attached hydrogen (secondary N) is 1. The van der Waals surface area contributed by atoms with Crippen molar-refractivity contribution in [2.24, 2.45) is 0 Å². The zero-order chi connectivity index (χ0) is 17.2. The SMILES string of the molecule is Cc1scc(CNc2cccc(S(=O)(=O)c3ccccc3)c2)c1C. The van der Waals surface area contributed by atoms with Crippen LogP contribution in [-0.4, -0.2) is 8.42 Å². The Morgan fingerprint density at radius 3 is 2.33 bits per heavy atom. The molecule has 1 heterocycles. The molecule has 0 spiro atoms. The van der Waals surface area contributed by atoms with Gasteiger partial charge in [0.25, 0.3) is 0 Å². The maximum atomic E-state index is 12.7. The molecule has 0 amide bonds. The van der Waals surface area contributed by atoms with E-state index in [0.29, 0.717) is 16.3 Å². The van der Waals surface area contributed by atoms with Crippen molar-refractivity contribution in [1.29, 1.82) is 0 Å². The van der Waals surface area contributed by atoms with Crippen molar-refractivity contribution in [3.8, 4) is 0 Å². The molecule has 0 unspecified atom stereocenters. The van der Waals surface area contributed by atoms with E-state index in [9.17, 15) is 8.42 Å². The van der Waals surface area contributed by atoms with Crippen LogP contribution in [0.2, 0.25) is 0 Å². The molecule has 3 aromatic rings. The van der Waals surface area contributed by atoms with Gasteiger partial charge in [-0.05, 0) is 60.7 Å². The van der Waals surface area contributed by atoms with Crippen LogP contribution in [0.5, 0.6) is 0 Å². The van der Waals surface area contributed by atoms with Gasteiger partial charge in [-0.2, -0.15) is 0 Å². The molecule has 3 nitrogen and oxygen atoms in total. The van der Waals surface area contributed by atoms with E-state index >= 15 is 0 Å². The normalized spacial score (nSPS) is 11.4. The lowest BCUT2D eigenvalue weighted by Gasteiger charge is -2.09. The monoisotopic (exact) mass is 357 g/mol. The molecule has 5 heteroatoms. The predicted molar refractivity (Wildman–Crippen MR) is 99.5 cm³/mol. The summed E-state index contributed by atoms with van der Waals surface area (Å²) in [6.07, 6.45) is 0. The average Bonchev–Trinajstić information content (AvgIpc) is 2.93. The molecule has 0 radical (unpaired) electrons. The Bertz CT molecular complexity index is 945. The van der Waals surface area contributed by atoms with Crippen LogP contribution in [0.15, 0.2) is 69.8 Å². The van der Waals surface area contributed by atoms with E-state index < -0.39 is 9.84 Å². The third-order valence-corrected chi connectivity index (χ3v) is 6.90. The molecule has 124 valence electrons. The molecule has 24 heavy (non-hydrogen) atoms. The van der Waals surface area contributed by atoms with Crippen molar-refractivity contribution < 1.29 is 8.42 Å². The summed E-state index contributed by atoms with van der Waals surface area (Å²) in [6.45, 7) is 4.90. The molecule has 1 aromatic heterocycles. The Kier molecular flexibility index (Phi) is 4.73. The molecular formula is C19H19NO2S2. The first-order valence-electron chi connectivity index (χ1n) is 7.66. The fourth-order valence-electron chi connectivity index (χ4n) is 2.44. The molecule has 0 aliphatic heterocycles. The number of thiophene rings is 1. The molecule has 0 atom stereocenters. The lowest BCUT2D eigenvalue weighted by Crippen LogP contribution is -2.04. The number of aryl methyl sites for hydroxylation is 1. The molecule has 0 fully saturated rings. The summed E-state index contributed by atoms with van der Waals surface area (Å²) in [6, 6.07) is 15.5. The molecule has 0 aliphatic rings. The van der Waals surface area contributed by atoms with Gasteiger partial charge in [-0.3, -0.25) is 0 Å². The largest absolute Gasteiger partial charge is 0.381 e. The Morgan fingerprint density at radius 2 is 1.67 bits per heavy atom. The van der Waals surface area contributed by atoms with Gasteiger partial charge in [-0.1, -0.05) is 24.3 Å². The van der Waals surface area contributed by atoms with Crippen LogP contribution in [0.3, 0.4) is 0 Å². The van der Waals surface area contributed by atoms with Gasteiger partial charge >= 0.3 is 0 Å². The van der Waals surface area contributed by atoms with Crippen molar-refractivity contribution in [3.63, 3.8) is 0 Å². The van der Waals surface area contributed by atoms with Crippen LogP contribution in [0.4, 0.5) is 5.69 Å². The third-order valence-electron chi connectivity index (χ3n) is 4.07. The van der Waals surface area contributed by atoms with Gasteiger partial charge in [-0.25, -0.2) is 8.42 Å². The first-order chi connectivity index (χ1) is 11.5. The second-order valence-electron chi connectivity index (χ2n) is 5.64. The van der Waals surface area contributed by atoms with Gasteiger partial charge in [0, 0.05) is 17.1 Å². The summed E-state index contributed by atoms with van der Waals surface area (Å²) in [5, 5.41) is 5.46. The summed E-state index contributed by atoms with van der Waals surface area (Å²) < 4.78 is 25.4. The van der Waals surface area contributed by atoms with Crippen LogP contribution in [-0.2, 0) is 16.4 Å². The number of sulfone groups is 1. The second-order valence-corrected chi connectivity index (χ2v) is 8.67. The molecule has 1 N–H and O–H groups in total. The van der Waals surface area contributed by atoms with Gasteiger partial charge in [0.2, 0.25) is 9.84 Å². The lowest BCUT2D eigenvalue weighted by molar-refractivity contribution is 0.596. The summed E-state index contributed by atoms with van der Waals surface area (Å²) in [5.74, 6) is 0. The number of rotatable bonds is 5. The van der Waals surface area contributed by atoms with Crippen LogP contribution in [0.1, 0.15) is 16.0 Å². The van der Waals surface area contributed by atoms with E-state index in [1.165, 1.54) is 16.0 Å². The van der Waals surface area contributed by atoms with E-state index in [-0.39, 0.29) is 0 Å². The van der Waals surface area contributed by atoms with Crippen LogP contribution in [0.25, 0.3) is 0 Å². The maximum absolute atomic E-state index is 12.7. The van der Waals surface area contributed by atoms with Gasteiger partial charge in [0.1, 0.15) is 0 Å². The minimum absolute atomic E-state index is 0.303. The highest BCUT2D eigenvalue weighted by atomic mass is 32.2. The average molecular weight is 358 g/mol. The molecule has 3 rings (SSSR count). The van der Waals surface area contributed by atoms with Crippen molar-refractivity contribution in [2.45, 2.75) is 30.2 Å².